The molecule has 0 aliphatic rings. The quantitative estimate of drug-likeness (QED) is 0.290. The fourth-order valence-electron chi connectivity index (χ4n) is 3.37. The van der Waals surface area contributed by atoms with Gasteiger partial charge >= 0.3 is 0 Å². The van der Waals surface area contributed by atoms with Crippen molar-refractivity contribution in [2.24, 2.45) is 0 Å². The van der Waals surface area contributed by atoms with E-state index in [1.165, 1.54) is 0 Å². The fraction of sp³-hybridized carbons (Fsp3) is 0.360. The second-order valence-electron chi connectivity index (χ2n) is 7.79. The zero-order chi connectivity index (χ0) is 23.6. The van der Waals surface area contributed by atoms with E-state index in [2.05, 4.69) is 12.2 Å². The summed E-state index contributed by atoms with van der Waals surface area (Å²) in [6.45, 7) is 4.04. The first kappa shape index (κ1) is 28.0. The van der Waals surface area contributed by atoms with Gasteiger partial charge < -0.3 is 27.2 Å². The molecule has 1 heterocycles. The Kier molecular flexibility index (Phi) is 11.7. The summed E-state index contributed by atoms with van der Waals surface area (Å²) >= 11 is 12.5. The summed E-state index contributed by atoms with van der Waals surface area (Å²) in [5, 5.41) is 4.12. The minimum atomic E-state index is -0.217. The maximum atomic E-state index is 12.4. The van der Waals surface area contributed by atoms with Crippen molar-refractivity contribution in [2.45, 2.75) is 45.5 Å². The number of amides is 1. The van der Waals surface area contributed by atoms with Gasteiger partial charge in [-0.15, -0.1) is 0 Å². The third-order valence-electron chi connectivity index (χ3n) is 5.22. The Morgan fingerprint density at radius 2 is 1.94 bits per heavy atom. The zero-order valence-corrected chi connectivity index (χ0v) is 21.6. The molecular formula is C25H30Cl3N3O3. The fourth-order valence-corrected chi connectivity index (χ4v) is 3.90. The molecule has 1 aromatic heterocycles. The molecule has 0 fully saturated rings. The molecule has 3 rings (SSSR count). The van der Waals surface area contributed by atoms with Crippen molar-refractivity contribution < 1.29 is 31.2 Å². The molecule has 0 radical (unpaired) electrons. The first-order valence-corrected chi connectivity index (χ1v) is 11.7. The van der Waals surface area contributed by atoms with E-state index < -0.39 is 0 Å². The van der Waals surface area contributed by atoms with E-state index in [-0.39, 0.29) is 31.0 Å². The lowest BCUT2D eigenvalue weighted by Crippen LogP contribution is -3.00. The topological polar surface area (TPSA) is 56.4 Å². The highest BCUT2D eigenvalue weighted by molar-refractivity contribution is 6.35. The number of imidazole rings is 1. The Bertz CT molecular complexity index is 1040. The van der Waals surface area contributed by atoms with Crippen LogP contribution in [0.5, 0.6) is 5.75 Å². The molecule has 0 aliphatic carbocycles. The Hall–Kier alpha value is -2.25. The summed E-state index contributed by atoms with van der Waals surface area (Å²) in [5.74, 6) is 0.726. The number of hydrogen-bond acceptors (Lipinski definition) is 3. The lowest BCUT2D eigenvalue weighted by Gasteiger charge is -2.18. The number of benzene rings is 2. The Morgan fingerprint density at radius 1 is 1.18 bits per heavy atom. The van der Waals surface area contributed by atoms with Gasteiger partial charge in [0.1, 0.15) is 30.8 Å². The molecule has 6 nitrogen and oxygen atoms in total. The van der Waals surface area contributed by atoms with Crippen LogP contribution in [0, 0.1) is 0 Å². The third-order valence-corrected chi connectivity index (χ3v) is 5.79. The van der Waals surface area contributed by atoms with Gasteiger partial charge in [0.05, 0.1) is 7.11 Å². The van der Waals surface area contributed by atoms with Gasteiger partial charge in [0.15, 0.2) is 6.54 Å². The number of carbonyl (C=O) groups is 1. The van der Waals surface area contributed by atoms with Crippen molar-refractivity contribution >= 4 is 29.1 Å². The molecule has 0 spiro atoms. The van der Waals surface area contributed by atoms with E-state index in [0.29, 0.717) is 29.7 Å². The SMILES string of the molecule is CCCCOC(C[n+]1ccn(CC(=O)NCc2ccc(OC)cc2)c1)c1ccc(Cl)cc1Cl.[Cl-]. The lowest BCUT2D eigenvalue weighted by molar-refractivity contribution is -0.704. The summed E-state index contributed by atoms with van der Waals surface area (Å²) in [7, 11) is 1.63. The molecule has 0 saturated carbocycles. The van der Waals surface area contributed by atoms with Gasteiger partial charge in [-0.25, -0.2) is 9.13 Å². The number of carbonyl (C=O) groups excluding carboxylic acids is 1. The molecule has 1 atom stereocenters. The van der Waals surface area contributed by atoms with Crippen LogP contribution in [0.4, 0.5) is 0 Å². The number of nitrogens with zero attached hydrogens (tertiary/aromatic N) is 2. The van der Waals surface area contributed by atoms with Crippen LogP contribution in [0.25, 0.3) is 0 Å². The van der Waals surface area contributed by atoms with E-state index in [0.717, 1.165) is 29.7 Å². The second kappa shape index (κ2) is 14.2. The van der Waals surface area contributed by atoms with Crippen LogP contribution in [0.2, 0.25) is 10.0 Å². The highest BCUT2D eigenvalue weighted by Crippen LogP contribution is 2.29. The third kappa shape index (κ3) is 8.51. The monoisotopic (exact) mass is 525 g/mol. The molecule has 3 aromatic rings. The highest BCUT2D eigenvalue weighted by atomic mass is 35.5. The number of ether oxygens (including phenoxy) is 2. The van der Waals surface area contributed by atoms with E-state index in [1.54, 1.807) is 13.2 Å². The van der Waals surface area contributed by atoms with Crippen LogP contribution in [0.1, 0.15) is 37.0 Å². The molecular weight excluding hydrogens is 497 g/mol. The van der Waals surface area contributed by atoms with Crippen LogP contribution < -0.4 is 27.0 Å². The van der Waals surface area contributed by atoms with Gasteiger partial charge in [0.2, 0.25) is 6.33 Å². The van der Waals surface area contributed by atoms with Crippen LogP contribution >= 0.6 is 23.2 Å². The molecule has 0 saturated heterocycles. The van der Waals surface area contributed by atoms with Crippen LogP contribution in [-0.2, 0) is 29.2 Å². The van der Waals surface area contributed by atoms with E-state index in [9.17, 15) is 4.79 Å². The maximum Gasteiger partial charge on any atom is 0.262 e. The van der Waals surface area contributed by atoms with Crippen molar-refractivity contribution in [3.05, 3.63) is 82.4 Å². The van der Waals surface area contributed by atoms with Gasteiger partial charge in [-0.3, -0.25) is 4.79 Å². The average molecular weight is 527 g/mol. The predicted octanol–water partition coefficient (Wildman–Crippen LogP) is 1.97. The lowest BCUT2D eigenvalue weighted by atomic mass is 10.1. The molecule has 184 valence electrons. The number of rotatable bonds is 12. The van der Waals surface area contributed by atoms with Gasteiger partial charge in [0.25, 0.3) is 5.91 Å². The molecule has 1 amide bonds. The Morgan fingerprint density at radius 3 is 2.62 bits per heavy atom. The van der Waals surface area contributed by atoms with Crippen molar-refractivity contribution in [1.29, 1.82) is 0 Å². The van der Waals surface area contributed by atoms with Gasteiger partial charge in [0, 0.05) is 28.8 Å². The minimum Gasteiger partial charge on any atom is -1.00 e. The molecule has 34 heavy (non-hydrogen) atoms. The van der Waals surface area contributed by atoms with Crippen LogP contribution in [0.15, 0.2) is 61.2 Å². The summed E-state index contributed by atoms with van der Waals surface area (Å²) in [6, 6.07) is 13.1. The minimum absolute atomic E-state index is 0. The van der Waals surface area contributed by atoms with Gasteiger partial charge in [-0.05, 0) is 36.2 Å². The highest BCUT2D eigenvalue weighted by Gasteiger charge is 2.20. The van der Waals surface area contributed by atoms with Crippen molar-refractivity contribution in [3.63, 3.8) is 0 Å². The Labute approximate surface area is 217 Å². The normalized spacial score (nSPS) is 11.5. The number of nitrogens with one attached hydrogen (secondary N) is 1. The standard InChI is InChI=1S/C25H29Cl2N3O3.ClH/c1-3-4-13-33-24(22-10-7-20(26)14-23(22)27)16-29-11-12-30(18-29)17-25(31)28-15-19-5-8-21(32-2)9-6-19;/h5-12,14,18,24H,3-4,13,15-17H2,1-2H3;1H. The van der Waals surface area contributed by atoms with E-state index in [4.69, 9.17) is 32.7 Å². The summed E-state index contributed by atoms with van der Waals surface area (Å²) in [4.78, 5) is 12.4. The molecule has 9 heteroatoms. The van der Waals surface area contributed by atoms with Gasteiger partial charge in [-0.1, -0.05) is 54.7 Å². The predicted molar refractivity (Wildman–Crippen MR) is 130 cm³/mol. The van der Waals surface area contributed by atoms with Crippen molar-refractivity contribution in [1.82, 2.24) is 9.88 Å². The first-order valence-electron chi connectivity index (χ1n) is 11.0. The molecule has 2 aromatic carbocycles. The largest absolute Gasteiger partial charge is 1.00 e. The number of hydrogen-bond donors (Lipinski definition) is 1. The molecule has 0 aliphatic heterocycles. The van der Waals surface area contributed by atoms with E-state index in [1.807, 2.05) is 64.3 Å². The maximum absolute atomic E-state index is 12.4. The summed E-state index contributed by atoms with van der Waals surface area (Å²) < 4.78 is 15.1. The van der Waals surface area contributed by atoms with E-state index >= 15 is 0 Å². The smallest absolute Gasteiger partial charge is 0.262 e. The molecule has 1 N–H and O–H groups in total. The zero-order valence-electron chi connectivity index (χ0n) is 19.3. The number of unbranched alkanes of at least 4 members (excludes halogenated alkanes) is 1. The summed E-state index contributed by atoms with van der Waals surface area (Å²) in [5.41, 5.74) is 1.91. The van der Waals surface area contributed by atoms with Crippen LogP contribution in [0.3, 0.4) is 0 Å². The second-order valence-corrected chi connectivity index (χ2v) is 8.63. The molecule has 1 unspecified atom stereocenters. The Balaban J connectivity index is 0.00000408. The summed E-state index contributed by atoms with van der Waals surface area (Å²) in [6.07, 6.45) is 7.51. The molecule has 0 bridgehead atoms. The first-order chi connectivity index (χ1) is 16.0. The van der Waals surface area contributed by atoms with Crippen LogP contribution in [-0.4, -0.2) is 24.2 Å². The van der Waals surface area contributed by atoms with Gasteiger partial charge in [-0.2, -0.15) is 0 Å². The van der Waals surface area contributed by atoms with Crippen molar-refractivity contribution in [3.8, 4) is 5.75 Å². The number of aromatic nitrogens is 2. The van der Waals surface area contributed by atoms with Crippen molar-refractivity contribution in [2.75, 3.05) is 13.7 Å². The number of methoxy groups -OCH3 is 1. The average Bonchev–Trinajstić information content (AvgIpc) is 3.24. The number of halogens is 3.